The molecule has 1 amide bonds. The van der Waals surface area contributed by atoms with E-state index in [0.717, 1.165) is 39.1 Å². The Hall–Kier alpha value is -1.66. The van der Waals surface area contributed by atoms with Gasteiger partial charge in [0.25, 0.3) is 5.91 Å². The zero-order chi connectivity index (χ0) is 13.7. The lowest BCUT2D eigenvalue weighted by molar-refractivity contribution is 0.0638. The van der Waals surface area contributed by atoms with Crippen LogP contribution in [-0.4, -0.2) is 53.4 Å². The molecule has 1 aliphatic heterocycles. The minimum absolute atomic E-state index is 0.0199. The van der Waals surface area contributed by atoms with Gasteiger partial charge in [0.1, 0.15) is 0 Å². The number of pyridine rings is 1. The van der Waals surface area contributed by atoms with Crippen molar-refractivity contribution in [2.45, 2.75) is 13.3 Å². The Morgan fingerprint density at radius 2 is 2.16 bits per heavy atom. The SMILES string of the molecule is CCCN1CCN(C(=O)c2ccncc2NN)CC1. The third-order valence-electron chi connectivity index (χ3n) is 3.41. The van der Waals surface area contributed by atoms with Crippen LogP contribution in [0.2, 0.25) is 0 Å². The highest BCUT2D eigenvalue weighted by molar-refractivity contribution is 5.99. The van der Waals surface area contributed by atoms with Crippen LogP contribution in [0.1, 0.15) is 23.7 Å². The van der Waals surface area contributed by atoms with Crippen LogP contribution in [0.3, 0.4) is 0 Å². The summed E-state index contributed by atoms with van der Waals surface area (Å²) < 4.78 is 0. The van der Waals surface area contributed by atoms with Crippen LogP contribution < -0.4 is 11.3 Å². The van der Waals surface area contributed by atoms with E-state index in [1.54, 1.807) is 18.5 Å². The Bertz CT molecular complexity index is 429. The maximum absolute atomic E-state index is 12.4. The normalized spacial score (nSPS) is 16.4. The molecular formula is C13H21N5O. The molecule has 104 valence electrons. The number of hydrazine groups is 1. The molecule has 3 N–H and O–H groups in total. The molecular weight excluding hydrogens is 242 g/mol. The van der Waals surface area contributed by atoms with E-state index in [0.29, 0.717) is 11.3 Å². The summed E-state index contributed by atoms with van der Waals surface area (Å²) in [6.07, 6.45) is 4.33. The first-order valence-electron chi connectivity index (χ1n) is 6.68. The first kappa shape index (κ1) is 13.8. The van der Waals surface area contributed by atoms with Gasteiger partial charge in [0, 0.05) is 32.4 Å². The third-order valence-corrected chi connectivity index (χ3v) is 3.41. The number of hydrogen-bond acceptors (Lipinski definition) is 5. The second-order valence-corrected chi connectivity index (χ2v) is 4.70. The molecule has 0 atom stereocenters. The number of piperazine rings is 1. The molecule has 0 radical (unpaired) electrons. The number of carbonyl (C=O) groups is 1. The zero-order valence-corrected chi connectivity index (χ0v) is 11.3. The van der Waals surface area contributed by atoms with Crippen molar-refractivity contribution in [1.29, 1.82) is 0 Å². The quantitative estimate of drug-likeness (QED) is 0.612. The van der Waals surface area contributed by atoms with Gasteiger partial charge in [-0.1, -0.05) is 6.92 Å². The number of hydrogen-bond donors (Lipinski definition) is 2. The maximum Gasteiger partial charge on any atom is 0.256 e. The van der Waals surface area contributed by atoms with Crippen LogP contribution in [0.4, 0.5) is 5.69 Å². The molecule has 0 aromatic carbocycles. The molecule has 0 aliphatic carbocycles. The summed E-state index contributed by atoms with van der Waals surface area (Å²) in [5, 5.41) is 0. The molecule has 0 saturated carbocycles. The fourth-order valence-electron chi connectivity index (χ4n) is 2.36. The number of nitrogens with zero attached hydrogens (tertiary/aromatic N) is 3. The zero-order valence-electron chi connectivity index (χ0n) is 11.3. The Morgan fingerprint density at radius 1 is 1.42 bits per heavy atom. The fourth-order valence-corrected chi connectivity index (χ4v) is 2.36. The standard InChI is InChI=1S/C13H21N5O/c1-2-5-17-6-8-18(9-7-17)13(19)11-3-4-15-10-12(11)16-14/h3-4,10,16H,2,5-9,14H2,1H3. The molecule has 2 rings (SSSR count). The van der Waals surface area contributed by atoms with E-state index in [2.05, 4.69) is 22.2 Å². The molecule has 1 aromatic rings. The van der Waals surface area contributed by atoms with Crippen LogP contribution in [-0.2, 0) is 0 Å². The van der Waals surface area contributed by atoms with Gasteiger partial charge in [0.2, 0.25) is 0 Å². The van der Waals surface area contributed by atoms with Crippen molar-refractivity contribution < 1.29 is 4.79 Å². The molecule has 1 fully saturated rings. The number of nitrogens with one attached hydrogen (secondary N) is 1. The van der Waals surface area contributed by atoms with Gasteiger partial charge >= 0.3 is 0 Å². The molecule has 1 aromatic heterocycles. The number of amides is 1. The topological polar surface area (TPSA) is 74.5 Å². The van der Waals surface area contributed by atoms with Crippen LogP contribution in [0, 0.1) is 0 Å². The van der Waals surface area contributed by atoms with Crippen LogP contribution >= 0.6 is 0 Å². The third kappa shape index (κ3) is 3.21. The Balaban J connectivity index is 2.01. The first-order valence-corrected chi connectivity index (χ1v) is 6.68. The highest BCUT2D eigenvalue weighted by Gasteiger charge is 2.23. The van der Waals surface area contributed by atoms with Crippen molar-refractivity contribution in [2.24, 2.45) is 5.84 Å². The number of anilines is 1. The van der Waals surface area contributed by atoms with Crippen molar-refractivity contribution in [3.63, 3.8) is 0 Å². The summed E-state index contributed by atoms with van der Waals surface area (Å²) in [6.45, 7) is 6.70. The van der Waals surface area contributed by atoms with Gasteiger partial charge in [-0.05, 0) is 19.0 Å². The lowest BCUT2D eigenvalue weighted by Gasteiger charge is -2.34. The monoisotopic (exact) mass is 263 g/mol. The summed E-state index contributed by atoms with van der Waals surface area (Å²) in [7, 11) is 0. The van der Waals surface area contributed by atoms with Gasteiger partial charge in [-0.15, -0.1) is 0 Å². The Labute approximate surface area is 113 Å². The van der Waals surface area contributed by atoms with Gasteiger partial charge in [0.05, 0.1) is 17.4 Å². The number of nitrogen functional groups attached to an aromatic ring is 1. The van der Waals surface area contributed by atoms with Gasteiger partial charge in [0.15, 0.2) is 0 Å². The smallest absolute Gasteiger partial charge is 0.256 e. The van der Waals surface area contributed by atoms with Crippen LogP contribution in [0.5, 0.6) is 0 Å². The number of rotatable bonds is 4. The Kier molecular flexibility index (Phi) is 4.70. The van der Waals surface area contributed by atoms with Crippen molar-refractivity contribution in [2.75, 3.05) is 38.1 Å². The van der Waals surface area contributed by atoms with E-state index in [1.165, 1.54) is 0 Å². The van der Waals surface area contributed by atoms with Crippen molar-refractivity contribution in [3.05, 3.63) is 24.0 Å². The fraction of sp³-hybridized carbons (Fsp3) is 0.538. The highest BCUT2D eigenvalue weighted by atomic mass is 16.2. The van der Waals surface area contributed by atoms with Crippen LogP contribution in [0.15, 0.2) is 18.5 Å². The Morgan fingerprint density at radius 3 is 2.79 bits per heavy atom. The van der Waals surface area contributed by atoms with Crippen molar-refractivity contribution >= 4 is 11.6 Å². The van der Waals surface area contributed by atoms with E-state index < -0.39 is 0 Å². The second-order valence-electron chi connectivity index (χ2n) is 4.70. The van der Waals surface area contributed by atoms with E-state index in [1.807, 2.05) is 4.90 Å². The van der Waals surface area contributed by atoms with Gasteiger partial charge in [-0.25, -0.2) is 0 Å². The highest BCUT2D eigenvalue weighted by Crippen LogP contribution is 2.16. The number of nitrogens with two attached hydrogens (primary N) is 1. The van der Waals surface area contributed by atoms with Crippen LogP contribution in [0.25, 0.3) is 0 Å². The molecule has 2 heterocycles. The molecule has 0 unspecified atom stereocenters. The average Bonchev–Trinajstić information content (AvgIpc) is 2.47. The largest absolute Gasteiger partial charge is 0.336 e. The molecule has 1 aliphatic rings. The van der Waals surface area contributed by atoms with E-state index >= 15 is 0 Å². The van der Waals surface area contributed by atoms with Gasteiger partial charge in [-0.3, -0.25) is 20.5 Å². The molecule has 0 bridgehead atoms. The molecule has 6 nitrogen and oxygen atoms in total. The van der Waals surface area contributed by atoms with E-state index in [-0.39, 0.29) is 5.91 Å². The minimum Gasteiger partial charge on any atom is -0.336 e. The molecule has 6 heteroatoms. The first-order chi connectivity index (χ1) is 9.26. The molecule has 19 heavy (non-hydrogen) atoms. The van der Waals surface area contributed by atoms with Gasteiger partial charge < -0.3 is 10.3 Å². The summed E-state index contributed by atoms with van der Waals surface area (Å²) in [6, 6.07) is 1.70. The second kappa shape index (κ2) is 6.49. The summed E-state index contributed by atoms with van der Waals surface area (Å²) in [5.41, 5.74) is 3.68. The van der Waals surface area contributed by atoms with Gasteiger partial charge in [-0.2, -0.15) is 0 Å². The van der Waals surface area contributed by atoms with E-state index in [9.17, 15) is 4.79 Å². The predicted octanol–water partition coefficient (Wildman–Crippen LogP) is 0.535. The summed E-state index contributed by atoms with van der Waals surface area (Å²) >= 11 is 0. The number of carbonyl (C=O) groups excluding carboxylic acids is 1. The summed E-state index contributed by atoms with van der Waals surface area (Å²) in [5.74, 6) is 5.43. The predicted molar refractivity (Wildman–Crippen MR) is 74.7 cm³/mol. The molecule has 0 spiro atoms. The van der Waals surface area contributed by atoms with E-state index in [4.69, 9.17) is 5.84 Å². The maximum atomic E-state index is 12.4. The van der Waals surface area contributed by atoms with Crippen molar-refractivity contribution in [3.8, 4) is 0 Å². The lowest BCUT2D eigenvalue weighted by Crippen LogP contribution is -2.48. The average molecular weight is 263 g/mol. The molecule has 1 saturated heterocycles. The number of aromatic nitrogens is 1. The minimum atomic E-state index is 0.0199. The summed E-state index contributed by atoms with van der Waals surface area (Å²) in [4.78, 5) is 20.7. The van der Waals surface area contributed by atoms with Crippen molar-refractivity contribution in [1.82, 2.24) is 14.8 Å². The lowest BCUT2D eigenvalue weighted by atomic mass is 10.2.